The van der Waals surface area contributed by atoms with E-state index in [9.17, 15) is 9.59 Å². The van der Waals surface area contributed by atoms with Gasteiger partial charge in [0.1, 0.15) is 11.4 Å². The van der Waals surface area contributed by atoms with E-state index in [0.29, 0.717) is 60.2 Å². The van der Waals surface area contributed by atoms with Gasteiger partial charge in [-0.1, -0.05) is 17.5 Å². The molecule has 0 spiro atoms. The molecular weight excluding hydrogens is 504 g/mol. The molecular formula is C29H33ClN4O4. The molecule has 9 heteroatoms. The van der Waals surface area contributed by atoms with Gasteiger partial charge < -0.3 is 14.4 Å². The number of nitrogens with zero attached hydrogens (tertiary/aromatic N) is 4. The number of carbonyl (C=O) groups is 1. The molecule has 0 aliphatic carbocycles. The molecule has 1 aromatic heterocycles. The van der Waals surface area contributed by atoms with Gasteiger partial charge in [-0.15, -0.1) is 6.42 Å². The van der Waals surface area contributed by atoms with Crippen molar-refractivity contribution >= 4 is 34.2 Å². The van der Waals surface area contributed by atoms with Crippen molar-refractivity contribution in [2.75, 3.05) is 37.7 Å². The van der Waals surface area contributed by atoms with Crippen LogP contribution in [0.5, 0.6) is 0 Å². The number of aromatic nitrogens is 2. The maximum absolute atomic E-state index is 13.3. The van der Waals surface area contributed by atoms with E-state index in [0.717, 1.165) is 24.3 Å². The topological polar surface area (TPSA) is 76.9 Å². The molecule has 4 rings (SSSR count). The van der Waals surface area contributed by atoms with Gasteiger partial charge in [0, 0.05) is 37.4 Å². The molecule has 1 aliphatic rings. The Morgan fingerprint density at radius 3 is 2.53 bits per heavy atom. The van der Waals surface area contributed by atoms with Crippen LogP contribution in [0.15, 0.2) is 41.2 Å². The number of ether oxygens (including phenoxy) is 2. The van der Waals surface area contributed by atoms with Crippen LogP contribution in [-0.4, -0.2) is 58.9 Å². The lowest BCUT2D eigenvalue weighted by molar-refractivity contribution is 0.00695. The van der Waals surface area contributed by atoms with E-state index in [1.807, 2.05) is 37.8 Å². The summed E-state index contributed by atoms with van der Waals surface area (Å²) in [6, 6.07) is 10.6. The van der Waals surface area contributed by atoms with Crippen LogP contribution in [0.4, 0.5) is 5.69 Å². The summed E-state index contributed by atoms with van der Waals surface area (Å²) < 4.78 is 12.5. The standard InChI is InChI=1S/C29H33ClN4O4/c1-6-11-34(22-9-7-20(8-10-22)28(36)38-29(2,3)4)18-21-16-23-25(17-24(21)30)31-26(32(5)27(23)35)19-33-12-14-37-15-13-33/h1,7-10,16-17H,11-15,18-19H2,2-5H3. The Balaban J connectivity index is 1.60. The van der Waals surface area contributed by atoms with E-state index in [4.69, 9.17) is 32.5 Å². The fourth-order valence-electron chi connectivity index (χ4n) is 4.30. The third-order valence-electron chi connectivity index (χ3n) is 6.32. The van der Waals surface area contributed by atoms with E-state index in [-0.39, 0.29) is 11.5 Å². The lowest BCUT2D eigenvalue weighted by atomic mass is 10.1. The molecule has 0 amide bonds. The molecule has 2 heterocycles. The highest BCUT2D eigenvalue weighted by atomic mass is 35.5. The lowest BCUT2D eigenvalue weighted by Gasteiger charge is -2.27. The molecule has 0 atom stereocenters. The second-order valence-electron chi connectivity index (χ2n) is 10.4. The SMILES string of the molecule is C#CCN(Cc1cc2c(=O)n(C)c(CN3CCOCC3)nc2cc1Cl)c1ccc(C(=O)OC(C)(C)C)cc1. The summed E-state index contributed by atoms with van der Waals surface area (Å²) in [6.45, 7) is 9.70. The summed E-state index contributed by atoms with van der Waals surface area (Å²) in [5.41, 5.74) is 1.89. The Kier molecular flexibility index (Phi) is 8.41. The molecule has 0 unspecified atom stereocenters. The van der Waals surface area contributed by atoms with Gasteiger partial charge in [-0.2, -0.15) is 0 Å². The number of hydrogen-bond acceptors (Lipinski definition) is 7. The summed E-state index contributed by atoms with van der Waals surface area (Å²) in [5.74, 6) is 2.98. The maximum Gasteiger partial charge on any atom is 0.338 e. The number of fused-ring (bicyclic) bond motifs is 1. The highest BCUT2D eigenvalue weighted by Gasteiger charge is 2.20. The summed E-state index contributed by atoms with van der Waals surface area (Å²) in [4.78, 5) is 34.6. The summed E-state index contributed by atoms with van der Waals surface area (Å²) in [5, 5.41) is 1.00. The summed E-state index contributed by atoms with van der Waals surface area (Å²) in [6.07, 6.45) is 5.66. The number of rotatable bonds is 7. The van der Waals surface area contributed by atoms with Gasteiger partial charge in [0.2, 0.25) is 0 Å². The highest BCUT2D eigenvalue weighted by molar-refractivity contribution is 6.32. The minimum absolute atomic E-state index is 0.124. The number of hydrogen-bond donors (Lipinski definition) is 0. The number of halogens is 1. The molecule has 0 radical (unpaired) electrons. The van der Waals surface area contributed by atoms with Crippen LogP contribution < -0.4 is 10.5 Å². The van der Waals surface area contributed by atoms with Gasteiger partial charge in [0.15, 0.2) is 0 Å². The molecule has 0 N–H and O–H groups in total. The van der Waals surface area contributed by atoms with Gasteiger partial charge in [-0.05, 0) is 62.7 Å². The zero-order valence-electron chi connectivity index (χ0n) is 22.3. The molecule has 1 saturated heterocycles. The van der Waals surface area contributed by atoms with E-state index in [1.165, 1.54) is 0 Å². The van der Waals surface area contributed by atoms with Crippen molar-refractivity contribution in [3.63, 3.8) is 0 Å². The van der Waals surface area contributed by atoms with Crippen molar-refractivity contribution < 1.29 is 14.3 Å². The number of terminal acetylenes is 1. The summed E-state index contributed by atoms with van der Waals surface area (Å²) in [7, 11) is 1.75. The van der Waals surface area contributed by atoms with Crippen LogP contribution in [0.2, 0.25) is 5.02 Å². The quantitative estimate of drug-likeness (QED) is 0.333. The van der Waals surface area contributed by atoms with Crippen molar-refractivity contribution in [2.24, 2.45) is 7.05 Å². The first-order valence-corrected chi connectivity index (χ1v) is 12.9. The first-order chi connectivity index (χ1) is 18.1. The Labute approximate surface area is 228 Å². The second-order valence-corrected chi connectivity index (χ2v) is 10.8. The van der Waals surface area contributed by atoms with E-state index in [2.05, 4.69) is 10.8 Å². The molecule has 2 aromatic carbocycles. The first kappa shape index (κ1) is 27.6. The zero-order chi connectivity index (χ0) is 27.4. The van der Waals surface area contributed by atoms with Crippen LogP contribution >= 0.6 is 11.6 Å². The molecule has 200 valence electrons. The van der Waals surface area contributed by atoms with Crippen LogP contribution in [0.1, 0.15) is 42.5 Å². The first-order valence-electron chi connectivity index (χ1n) is 12.6. The van der Waals surface area contributed by atoms with E-state index in [1.54, 1.807) is 35.9 Å². The monoisotopic (exact) mass is 536 g/mol. The Bertz CT molecular complexity index is 1410. The number of morpholine rings is 1. The highest BCUT2D eigenvalue weighted by Crippen LogP contribution is 2.26. The van der Waals surface area contributed by atoms with Gasteiger partial charge in [-0.25, -0.2) is 9.78 Å². The minimum atomic E-state index is -0.576. The van der Waals surface area contributed by atoms with Gasteiger partial charge in [-0.3, -0.25) is 14.3 Å². The lowest BCUT2D eigenvalue weighted by Crippen LogP contribution is -2.37. The Morgan fingerprint density at radius 1 is 1.21 bits per heavy atom. The average molecular weight is 537 g/mol. The van der Waals surface area contributed by atoms with Crippen molar-refractivity contribution in [1.29, 1.82) is 0 Å². The molecule has 0 bridgehead atoms. The van der Waals surface area contributed by atoms with E-state index < -0.39 is 5.60 Å². The molecule has 8 nitrogen and oxygen atoms in total. The second kappa shape index (κ2) is 11.6. The van der Waals surface area contributed by atoms with Crippen molar-refractivity contribution in [1.82, 2.24) is 14.5 Å². The zero-order valence-corrected chi connectivity index (χ0v) is 23.0. The van der Waals surface area contributed by atoms with Crippen LogP contribution in [0, 0.1) is 12.3 Å². The van der Waals surface area contributed by atoms with Gasteiger partial charge >= 0.3 is 5.97 Å². The average Bonchev–Trinajstić information content (AvgIpc) is 2.87. The van der Waals surface area contributed by atoms with E-state index >= 15 is 0 Å². The summed E-state index contributed by atoms with van der Waals surface area (Å²) >= 11 is 6.68. The van der Waals surface area contributed by atoms with Crippen LogP contribution in [-0.2, 0) is 29.6 Å². The van der Waals surface area contributed by atoms with Crippen molar-refractivity contribution in [2.45, 2.75) is 39.5 Å². The van der Waals surface area contributed by atoms with Gasteiger partial charge in [0.05, 0.1) is 42.8 Å². The maximum atomic E-state index is 13.3. The Morgan fingerprint density at radius 2 is 1.89 bits per heavy atom. The molecule has 1 fully saturated rings. The van der Waals surface area contributed by atoms with Gasteiger partial charge in [0.25, 0.3) is 5.56 Å². The molecule has 38 heavy (non-hydrogen) atoms. The minimum Gasteiger partial charge on any atom is -0.456 e. The number of benzene rings is 2. The van der Waals surface area contributed by atoms with Crippen molar-refractivity contribution in [3.8, 4) is 12.3 Å². The fraction of sp³-hybridized carbons (Fsp3) is 0.414. The molecule has 1 aliphatic heterocycles. The van der Waals surface area contributed by atoms with Crippen LogP contribution in [0.25, 0.3) is 10.9 Å². The fourth-order valence-corrected chi connectivity index (χ4v) is 4.52. The normalized spacial score (nSPS) is 14.3. The Hall–Kier alpha value is -3.38. The van der Waals surface area contributed by atoms with Crippen LogP contribution in [0.3, 0.4) is 0 Å². The predicted molar refractivity (Wildman–Crippen MR) is 150 cm³/mol. The molecule has 3 aromatic rings. The third-order valence-corrected chi connectivity index (χ3v) is 6.67. The third kappa shape index (κ3) is 6.54. The smallest absolute Gasteiger partial charge is 0.338 e. The number of esters is 1. The van der Waals surface area contributed by atoms with Crippen molar-refractivity contribution in [3.05, 3.63) is 68.7 Å². The number of carbonyl (C=O) groups excluding carboxylic acids is 1. The predicted octanol–water partition coefficient (Wildman–Crippen LogP) is 4.01. The largest absolute Gasteiger partial charge is 0.456 e. The number of anilines is 1. The molecule has 0 saturated carbocycles.